The Morgan fingerprint density at radius 2 is 2.04 bits per heavy atom. The Kier molecular flexibility index (Phi) is 4.97. The monoisotopic (exact) mass is 378 g/mol. The molecule has 0 unspecified atom stereocenters. The van der Waals surface area contributed by atoms with Crippen molar-refractivity contribution < 1.29 is 9.84 Å². The van der Waals surface area contributed by atoms with Crippen molar-refractivity contribution >= 4 is 0 Å². The number of aromatic amines is 1. The van der Waals surface area contributed by atoms with E-state index in [9.17, 15) is 9.90 Å². The first-order chi connectivity index (χ1) is 13.2. The molecule has 0 amide bonds. The highest BCUT2D eigenvalue weighted by Gasteiger charge is 2.20. The van der Waals surface area contributed by atoms with Crippen molar-refractivity contribution in [2.24, 2.45) is 0 Å². The zero-order valence-electron chi connectivity index (χ0n) is 16.3. The summed E-state index contributed by atoms with van der Waals surface area (Å²) in [6.45, 7) is 7.97. The Morgan fingerprint density at radius 3 is 2.57 bits per heavy atom. The molecule has 2 N–H and O–H groups in total. The fourth-order valence-electron chi connectivity index (χ4n) is 2.91. The Bertz CT molecular complexity index is 1100. The maximum absolute atomic E-state index is 12.1. The van der Waals surface area contributed by atoms with Crippen molar-refractivity contribution in [1.82, 2.24) is 14.5 Å². The molecule has 0 radical (unpaired) electrons. The zero-order chi connectivity index (χ0) is 20.5. The van der Waals surface area contributed by atoms with Crippen LogP contribution in [0.15, 0.2) is 41.3 Å². The van der Waals surface area contributed by atoms with Crippen LogP contribution in [0.3, 0.4) is 0 Å². The minimum absolute atomic E-state index is 0.120. The van der Waals surface area contributed by atoms with Crippen LogP contribution in [0, 0.1) is 11.3 Å². The summed E-state index contributed by atoms with van der Waals surface area (Å²) in [5.74, 6) is 0.838. The van der Waals surface area contributed by atoms with Crippen molar-refractivity contribution in [2.45, 2.75) is 39.5 Å². The second-order valence-corrected chi connectivity index (χ2v) is 7.45. The first-order valence-electron chi connectivity index (χ1n) is 8.96. The highest BCUT2D eigenvalue weighted by molar-refractivity contribution is 5.47. The van der Waals surface area contributed by atoms with Crippen LogP contribution in [0.1, 0.15) is 44.5 Å². The summed E-state index contributed by atoms with van der Waals surface area (Å²) in [4.78, 5) is 19.0. The van der Waals surface area contributed by atoms with Crippen molar-refractivity contribution in [2.75, 3.05) is 0 Å². The molecule has 0 aliphatic rings. The lowest BCUT2D eigenvalue weighted by Gasteiger charge is -2.22. The third-order valence-electron chi connectivity index (χ3n) is 4.41. The summed E-state index contributed by atoms with van der Waals surface area (Å²) in [5.41, 5.74) is 1.72. The molecule has 2 heterocycles. The molecule has 28 heavy (non-hydrogen) atoms. The number of nitrogens with zero attached hydrogens (tertiary/aromatic N) is 3. The van der Waals surface area contributed by atoms with Gasteiger partial charge in [-0.15, -0.1) is 0 Å². The number of aromatic nitrogens is 3. The number of H-pyrrole nitrogens is 1. The van der Waals surface area contributed by atoms with Crippen LogP contribution in [0.2, 0.25) is 0 Å². The molecular weight excluding hydrogens is 356 g/mol. The van der Waals surface area contributed by atoms with Gasteiger partial charge >= 0.3 is 5.69 Å². The summed E-state index contributed by atoms with van der Waals surface area (Å²) >= 11 is 0. The van der Waals surface area contributed by atoms with Crippen LogP contribution < -0.4 is 10.4 Å². The van der Waals surface area contributed by atoms with E-state index in [2.05, 4.69) is 16.0 Å². The number of pyridine rings is 1. The molecule has 144 valence electrons. The smallest absolute Gasteiger partial charge is 0.333 e. The third-order valence-corrected chi connectivity index (χ3v) is 4.41. The Balaban J connectivity index is 1.93. The summed E-state index contributed by atoms with van der Waals surface area (Å²) < 4.78 is 7.10. The number of imidazole rings is 1. The van der Waals surface area contributed by atoms with Crippen LogP contribution in [-0.4, -0.2) is 19.6 Å². The second kappa shape index (κ2) is 7.24. The van der Waals surface area contributed by atoms with Crippen molar-refractivity contribution in [1.29, 1.82) is 5.26 Å². The Hall–Kier alpha value is -3.53. The molecule has 0 spiro atoms. The lowest BCUT2D eigenvalue weighted by molar-refractivity contribution is 0.432. The number of hydrogen-bond donors (Lipinski definition) is 2. The quantitative estimate of drug-likeness (QED) is 0.719. The first-order valence-corrected chi connectivity index (χ1v) is 8.96. The largest absolute Gasteiger partial charge is 0.493 e. The predicted octanol–water partition coefficient (Wildman–Crippen LogP) is 3.79. The molecule has 0 aliphatic heterocycles. The highest BCUT2D eigenvalue weighted by Crippen LogP contribution is 2.34. The average Bonchev–Trinajstić information content (AvgIpc) is 2.95. The van der Waals surface area contributed by atoms with Gasteiger partial charge in [0.15, 0.2) is 0 Å². The van der Waals surface area contributed by atoms with E-state index in [-0.39, 0.29) is 11.3 Å². The molecule has 7 heteroatoms. The molecule has 0 aliphatic carbocycles. The predicted molar refractivity (Wildman–Crippen MR) is 105 cm³/mol. The summed E-state index contributed by atoms with van der Waals surface area (Å²) in [6.07, 6.45) is 1.97. The second-order valence-electron chi connectivity index (χ2n) is 7.45. The van der Waals surface area contributed by atoms with E-state index in [1.54, 1.807) is 24.3 Å². The summed E-state index contributed by atoms with van der Waals surface area (Å²) in [7, 11) is 0. The number of nitriles is 1. The minimum Gasteiger partial charge on any atom is -0.493 e. The van der Waals surface area contributed by atoms with E-state index in [1.807, 2.05) is 33.8 Å². The standard InChI is InChI=1S/C21H22N4O3/c1-5-16-19(26)25(20(27)24-16)14-7-9-18(23-12-14)28-17-8-6-13(11-22)10-15(17)21(2,3)4/h6-10,12,26H,5H2,1-4H3,(H,24,27). The van der Waals surface area contributed by atoms with Gasteiger partial charge in [0.25, 0.3) is 0 Å². The van der Waals surface area contributed by atoms with E-state index in [4.69, 9.17) is 10.00 Å². The summed E-state index contributed by atoms with van der Waals surface area (Å²) in [6, 6.07) is 10.7. The van der Waals surface area contributed by atoms with Crippen molar-refractivity contribution in [3.63, 3.8) is 0 Å². The van der Waals surface area contributed by atoms with Crippen LogP contribution in [0.25, 0.3) is 5.69 Å². The van der Waals surface area contributed by atoms with Crippen LogP contribution in [0.4, 0.5) is 0 Å². The summed E-state index contributed by atoms with van der Waals surface area (Å²) in [5, 5.41) is 19.3. The van der Waals surface area contributed by atoms with E-state index in [0.717, 1.165) is 10.1 Å². The van der Waals surface area contributed by atoms with E-state index >= 15 is 0 Å². The van der Waals surface area contributed by atoms with Crippen molar-refractivity contribution in [3.8, 4) is 29.3 Å². The number of rotatable bonds is 4. The van der Waals surface area contributed by atoms with Gasteiger partial charge in [-0.3, -0.25) is 0 Å². The molecule has 0 atom stereocenters. The molecular formula is C21H22N4O3. The Morgan fingerprint density at radius 1 is 1.29 bits per heavy atom. The van der Waals surface area contributed by atoms with Gasteiger partial charge in [0.1, 0.15) is 5.75 Å². The number of benzene rings is 1. The number of aromatic hydroxyl groups is 1. The SMILES string of the molecule is CCc1[nH]c(=O)n(-c2ccc(Oc3ccc(C#N)cc3C(C)(C)C)nc2)c1O. The molecule has 7 nitrogen and oxygen atoms in total. The molecule has 0 fully saturated rings. The van der Waals surface area contributed by atoms with Crippen molar-refractivity contribution in [3.05, 3.63) is 63.8 Å². The fourth-order valence-corrected chi connectivity index (χ4v) is 2.91. The van der Waals surface area contributed by atoms with Crippen LogP contribution >= 0.6 is 0 Å². The zero-order valence-corrected chi connectivity index (χ0v) is 16.3. The number of ether oxygens (including phenoxy) is 1. The van der Waals surface area contributed by atoms with Gasteiger partial charge in [0.2, 0.25) is 11.8 Å². The molecule has 3 aromatic rings. The lowest BCUT2D eigenvalue weighted by Crippen LogP contribution is -2.15. The topological polar surface area (TPSA) is 104 Å². The highest BCUT2D eigenvalue weighted by atomic mass is 16.5. The molecule has 2 aromatic heterocycles. The normalized spacial score (nSPS) is 11.2. The van der Waals surface area contributed by atoms with Gasteiger partial charge in [0.05, 0.1) is 29.2 Å². The first kappa shape index (κ1) is 19.2. The van der Waals surface area contributed by atoms with E-state index in [0.29, 0.717) is 35.0 Å². The van der Waals surface area contributed by atoms with E-state index in [1.165, 1.54) is 6.20 Å². The van der Waals surface area contributed by atoms with Gasteiger partial charge in [-0.2, -0.15) is 5.26 Å². The van der Waals surface area contributed by atoms with Gasteiger partial charge < -0.3 is 14.8 Å². The number of aryl methyl sites for hydroxylation is 1. The molecule has 0 saturated carbocycles. The van der Waals surface area contributed by atoms with Gasteiger partial charge in [-0.1, -0.05) is 27.7 Å². The molecule has 3 rings (SSSR count). The third kappa shape index (κ3) is 3.62. The van der Waals surface area contributed by atoms with Gasteiger partial charge in [-0.05, 0) is 36.1 Å². The number of hydrogen-bond acceptors (Lipinski definition) is 5. The maximum Gasteiger partial charge on any atom is 0.333 e. The maximum atomic E-state index is 12.1. The fraction of sp³-hybridized carbons (Fsp3) is 0.286. The van der Waals surface area contributed by atoms with E-state index < -0.39 is 5.69 Å². The minimum atomic E-state index is -0.424. The van der Waals surface area contributed by atoms with Gasteiger partial charge in [0, 0.05) is 11.6 Å². The van der Waals surface area contributed by atoms with Crippen LogP contribution in [0.5, 0.6) is 17.5 Å². The Labute approximate surface area is 162 Å². The van der Waals surface area contributed by atoms with Gasteiger partial charge in [-0.25, -0.2) is 14.3 Å². The average molecular weight is 378 g/mol. The molecule has 0 saturated heterocycles. The lowest BCUT2D eigenvalue weighted by atomic mass is 9.85. The molecule has 1 aromatic carbocycles. The number of nitrogens with one attached hydrogen (secondary N) is 1. The molecule has 0 bridgehead atoms. The van der Waals surface area contributed by atoms with Crippen LogP contribution in [-0.2, 0) is 11.8 Å².